The maximum atomic E-state index is 12.5. The lowest BCUT2D eigenvalue weighted by molar-refractivity contribution is -0.138. The molecule has 1 aromatic carbocycles. The van der Waals surface area contributed by atoms with Crippen LogP contribution in [0.15, 0.2) is 24.3 Å². The van der Waals surface area contributed by atoms with Gasteiger partial charge in [0.05, 0.1) is 0 Å². The number of hydrogen-bond acceptors (Lipinski definition) is 3. The van der Waals surface area contributed by atoms with Gasteiger partial charge in [-0.25, -0.2) is 0 Å². The fraction of sp³-hybridized carbons (Fsp3) is 0.600. The second kappa shape index (κ2) is 10.5. The summed E-state index contributed by atoms with van der Waals surface area (Å²) in [6.07, 6.45) is 2.93. The highest BCUT2D eigenvalue weighted by atomic mass is 35.5. The number of nitrogens with one attached hydrogen (secondary N) is 1. The van der Waals surface area contributed by atoms with Crippen molar-refractivity contribution in [1.29, 1.82) is 0 Å². The highest BCUT2D eigenvalue weighted by molar-refractivity contribution is 5.88. The smallest absolute Gasteiger partial charge is 0.242 e. The van der Waals surface area contributed by atoms with Crippen LogP contribution in [0, 0.1) is 0 Å². The predicted octanol–water partition coefficient (Wildman–Crippen LogP) is 3.14. The van der Waals surface area contributed by atoms with Crippen LogP contribution in [-0.4, -0.2) is 35.8 Å². The third-order valence-electron chi connectivity index (χ3n) is 4.87. The van der Waals surface area contributed by atoms with Gasteiger partial charge in [-0.05, 0) is 36.3 Å². The van der Waals surface area contributed by atoms with Crippen LogP contribution in [-0.2, 0) is 9.59 Å². The Bertz CT molecular complexity index is 589. The van der Waals surface area contributed by atoms with E-state index in [9.17, 15) is 9.59 Å². The van der Waals surface area contributed by atoms with Gasteiger partial charge in [-0.15, -0.1) is 12.4 Å². The van der Waals surface area contributed by atoms with Gasteiger partial charge in [0.2, 0.25) is 11.8 Å². The summed E-state index contributed by atoms with van der Waals surface area (Å²) < 4.78 is 0. The van der Waals surface area contributed by atoms with Gasteiger partial charge in [-0.3, -0.25) is 9.59 Å². The number of carbonyl (C=O) groups is 2. The number of nitrogens with two attached hydrogens (primary N) is 1. The van der Waals surface area contributed by atoms with Gasteiger partial charge in [0.15, 0.2) is 0 Å². The standard InChI is InChI=1S/C20H31N3O2.ClH/c1-4-6-19(24)23-12-5-7-18(23)20(25)22-13-17(21)16-10-8-15(9-11-16)14(2)3;/h8-11,14,17-18H,4-7,12-13,21H2,1-3H3,(H,22,25);1H. The van der Waals surface area contributed by atoms with Crippen molar-refractivity contribution < 1.29 is 9.59 Å². The summed E-state index contributed by atoms with van der Waals surface area (Å²) in [6, 6.07) is 7.64. The van der Waals surface area contributed by atoms with Crippen molar-refractivity contribution >= 4 is 24.2 Å². The molecular weight excluding hydrogens is 350 g/mol. The zero-order valence-electron chi connectivity index (χ0n) is 16.0. The Morgan fingerprint density at radius 3 is 2.42 bits per heavy atom. The molecule has 2 atom stereocenters. The number of nitrogens with zero attached hydrogens (tertiary/aromatic N) is 1. The minimum atomic E-state index is -0.338. The molecule has 1 fully saturated rings. The predicted molar refractivity (Wildman–Crippen MR) is 107 cm³/mol. The molecule has 1 aliphatic heterocycles. The molecule has 1 aliphatic rings. The van der Waals surface area contributed by atoms with E-state index in [0.29, 0.717) is 25.4 Å². The summed E-state index contributed by atoms with van der Waals surface area (Å²) in [5.74, 6) is 0.476. The molecule has 0 radical (unpaired) electrons. The lowest BCUT2D eigenvalue weighted by Gasteiger charge is -2.24. The molecule has 1 aromatic rings. The van der Waals surface area contributed by atoms with Crippen molar-refractivity contribution in [1.82, 2.24) is 10.2 Å². The fourth-order valence-electron chi connectivity index (χ4n) is 3.27. The van der Waals surface area contributed by atoms with Gasteiger partial charge in [0.25, 0.3) is 0 Å². The Morgan fingerprint density at radius 2 is 1.85 bits per heavy atom. The molecule has 0 aliphatic carbocycles. The van der Waals surface area contributed by atoms with E-state index in [0.717, 1.165) is 24.8 Å². The molecule has 5 nitrogen and oxygen atoms in total. The zero-order chi connectivity index (χ0) is 18.4. The lowest BCUT2D eigenvalue weighted by Crippen LogP contribution is -2.47. The Morgan fingerprint density at radius 1 is 1.23 bits per heavy atom. The van der Waals surface area contributed by atoms with Crippen LogP contribution in [0.5, 0.6) is 0 Å². The minimum absolute atomic E-state index is 0. The maximum absolute atomic E-state index is 12.5. The first kappa shape index (κ1) is 22.5. The van der Waals surface area contributed by atoms with E-state index in [1.165, 1.54) is 5.56 Å². The van der Waals surface area contributed by atoms with Gasteiger partial charge >= 0.3 is 0 Å². The molecule has 26 heavy (non-hydrogen) atoms. The number of carbonyl (C=O) groups excluding carboxylic acids is 2. The molecule has 2 unspecified atom stereocenters. The largest absolute Gasteiger partial charge is 0.352 e. The van der Waals surface area contributed by atoms with E-state index in [-0.39, 0.29) is 36.3 Å². The van der Waals surface area contributed by atoms with Crippen LogP contribution >= 0.6 is 12.4 Å². The number of benzene rings is 1. The van der Waals surface area contributed by atoms with Crippen molar-refractivity contribution in [3.63, 3.8) is 0 Å². The molecule has 1 heterocycles. The number of halogens is 1. The van der Waals surface area contributed by atoms with Crippen molar-refractivity contribution in [2.75, 3.05) is 13.1 Å². The Hall–Kier alpha value is -1.59. The molecule has 0 aromatic heterocycles. The SMILES string of the molecule is CCCC(=O)N1CCCC1C(=O)NCC(N)c1ccc(C(C)C)cc1.Cl. The van der Waals surface area contributed by atoms with E-state index in [2.05, 4.69) is 31.3 Å². The quantitative estimate of drug-likeness (QED) is 0.761. The van der Waals surface area contributed by atoms with Gasteiger partial charge in [0, 0.05) is 25.6 Å². The first-order valence-electron chi connectivity index (χ1n) is 9.36. The third-order valence-corrected chi connectivity index (χ3v) is 4.87. The van der Waals surface area contributed by atoms with Crippen molar-refractivity contribution in [2.45, 2.75) is 64.5 Å². The normalized spacial score (nSPS) is 17.7. The highest BCUT2D eigenvalue weighted by Gasteiger charge is 2.33. The van der Waals surface area contributed by atoms with Crippen LogP contribution in [0.1, 0.15) is 69.5 Å². The van der Waals surface area contributed by atoms with E-state index < -0.39 is 0 Å². The molecule has 1 saturated heterocycles. The van der Waals surface area contributed by atoms with E-state index in [1.807, 2.05) is 19.1 Å². The van der Waals surface area contributed by atoms with Crippen LogP contribution in [0.4, 0.5) is 0 Å². The molecule has 6 heteroatoms. The minimum Gasteiger partial charge on any atom is -0.352 e. The summed E-state index contributed by atoms with van der Waals surface area (Å²) in [5, 5.41) is 2.93. The van der Waals surface area contributed by atoms with Crippen molar-refractivity contribution in [3.8, 4) is 0 Å². The molecule has 2 rings (SSSR count). The molecule has 0 spiro atoms. The number of hydrogen-bond donors (Lipinski definition) is 2. The lowest BCUT2D eigenvalue weighted by atomic mass is 9.99. The van der Waals surface area contributed by atoms with Crippen molar-refractivity contribution in [3.05, 3.63) is 35.4 Å². The first-order chi connectivity index (χ1) is 11.9. The summed E-state index contributed by atoms with van der Waals surface area (Å²) in [7, 11) is 0. The van der Waals surface area contributed by atoms with Gasteiger partial charge in [-0.2, -0.15) is 0 Å². The second-order valence-corrected chi connectivity index (χ2v) is 7.17. The van der Waals surface area contributed by atoms with Gasteiger partial charge < -0.3 is 16.0 Å². The highest BCUT2D eigenvalue weighted by Crippen LogP contribution is 2.20. The molecule has 3 N–H and O–H groups in total. The number of amides is 2. The Labute approximate surface area is 163 Å². The second-order valence-electron chi connectivity index (χ2n) is 7.17. The Kier molecular flexibility index (Phi) is 9.09. The molecule has 0 bridgehead atoms. The molecular formula is C20H32ClN3O2. The third kappa shape index (κ3) is 5.71. The summed E-state index contributed by atoms with van der Waals surface area (Å²) in [5.41, 5.74) is 8.50. The molecule has 146 valence electrons. The van der Waals surface area contributed by atoms with Gasteiger partial charge in [0.1, 0.15) is 6.04 Å². The number of rotatable bonds is 7. The molecule has 2 amide bonds. The van der Waals surface area contributed by atoms with E-state index >= 15 is 0 Å². The van der Waals surface area contributed by atoms with Gasteiger partial charge in [-0.1, -0.05) is 45.0 Å². The van der Waals surface area contributed by atoms with E-state index in [4.69, 9.17) is 5.73 Å². The first-order valence-corrected chi connectivity index (χ1v) is 9.36. The number of likely N-dealkylation sites (tertiary alicyclic amines) is 1. The van der Waals surface area contributed by atoms with Crippen molar-refractivity contribution in [2.24, 2.45) is 5.73 Å². The van der Waals surface area contributed by atoms with Crippen LogP contribution in [0.3, 0.4) is 0 Å². The zero-order valence-corrected chi connectivity index (χ0v) is 16.8. The topological polar surface area (TPSA) is 75.4 Å². The fourth-order valence-corrected chi connectivity index (χ4v) is 3.27. The average molecular weight is 382 g/mol. The Balaban J connectivity index is 0.00000338. The van der Waals surface area contributed by atoms with E-state index in [1.54, 1.807) is 4.90 Å². The maximum Gasteiger partial charge on any atom is 0.242 e. The van der Waals surface area contributed by atoms with Crippen LogP contribution in [0.25, 0.3) is 0 Å². The summed E-state index contributed by atoms with van der Waals surface area (Å²) in [6.45, 7) is 7.35. The van der Waals surface area contributed by atoms with Crippen LogP contribution < -0.4 is 11.1 Å². The molecule has 0 saturated carbocycles. The monoisotopic (exact) mass is 381 g/mol. The average Bonchev–Trinajstić information content (AvgIpc) is 3.09. The van der Waals surface area contributed by atoms with Crippen LogP contribution in [0.2, 0.25) is 0 Å². The summed E-state index contributed by atoms with van der Waals surface area (Å²) >= 11 is 0. The summed E-state index contributed by atoms with van der Waals surface area (Å²) in [4.78, 5) is 26.3.